The maximum Gasteiger partial charge on any atom is 0.224 e. The zero-order valence-electron chi connectivity index (χ0n) is 8.29. The van der Waals surface area contributed by atoms with E-state index in [2.05, 4.69) is 10.2 Å². The first-order chi connectivity index (χ1) is 6.13. The lowest BCUT2D eigenvalue weighted by atomic mass is 10.1. The molecule has 2 atom stereocenters. The molecule has 1 fully saturated rings. The van der Waals surface area contributed by atoms with Gasteiger partial charge in [-0.15, -0.1) is 0 Å². The van der Waals surface area contributed by atoms with Gasteiger partial charge in [0.1, 0.15) is 0 Å². The van der Waals surface area contributed by atoms with E-state index in [-0.39, 0.29) is 24.5 Å². The van der Waals surface area contributed by atoms with E-state index in [0.717, 1.165) is 19.5 Å². The summed E-state index contributed by atoms with van der Waals surface area (Å²) in [5.74, 6) is 0.185. The highest BCUT2D eigenvalue weighted by Crippen LogP contribution is 2.14. The van der Waals surface area contributed by atoms with E-state index in [4.69, 9.17) is 5.11 Å². The lowest BCUT2D eigenvalue weighted by molar-refractivity contribution is -0.125. The standard InChI is InChI=1S/C9H18N2O2/c1-7(6-12)10-9(13)8-3-4-11(2)5-8/h7-8,12H,3-6H2,1-2H3,(H,10,13). The lowest BCUT2D eigenvalue weighted by Gasteiger charge is -2.14. The summed E-state index contributed by atoms with van der Waals surface area (Å²) in [5, 5.41) is 11.5. The molecule has 0 aromatic heterocycles. The number of nitrogens with one attached hydrogen (secondary N) is 1. The second-order valence-corrected chi connectivity index (χ2v) is 3.84. The van der Waals surface area contributed by atoms with Gasteiger partial charge in [-0.05, 0) is 26.9 Å². The summed E-state index contributed by atoms with van der Waals surface area (Å²) in [6.07, 6.45) is 0.931. The molecule has 1 heterocycles. The highest BCUT2D eigenvalue weighted by Gasteiger charge is 2.26. The van der Waals surface area contributed by atoms with Gasteiger partial charge in [-0.1, -0.05) is 0 Å². The predicted molar refractivity (Wildman–Crippen MR) is 50.3 cm³/mol. The van der Waals surface area contributed by atoms with Gasteiger partial charge in [0.05, 0.1) is 12.5 Å². The van der Waals surface area contributed by atoms with Gasteiger partial charge in [-0.3, -0.25) is 4.79 Å². The summed E-state index contributed by atoms with van der Waals surface area (Å²) in [4.78, 5) is 13.7. The summed E-state index contributed by atoms with van der Waals surface area (Å²) in [6.45, 7) is 3.64. The number of carbonyl (C=O) groups is 1. The summed E-state index contributed by atoms with van der Waals surface area (Å²) in [7, 11) is 2.02. The molecule has 0 aromatic rings. The molecule has 1 rings (SSSR count). The maximum absolute atomic E-state index is 11.5. The van der Waals surface area contributed by atoms with Gasteiger partial charge in [-0.25, -0.2) is 0 Å². The van der Waals surface area contributed by atoms with Crippen LogP contribution in [0.25, 0.3) is 0 Å². The second-order valence-electron chi connectivity index (χ2n) is 3.84. The molecule has 0 aliphatic carbocycles. The fourth-order valence-electron chi connectivity index (χ4n) is 1.56. The molecule has 4 heteroatoms. The van der Waals surface area contributed by atoms with Gasteiger partial charge in [0.2, 0.25) is 5.91 Å². The van der Waals surface area contributed by atoms with Crippen LogP contribution in [-0.4, -0.2) is 48.7 Å². The highest BCUT2D eigenvalue weighted by atomic mass is 16.3. The first-order valence-corrected chi connectivity index (χ1v) is 4.73. The Labute approximate surface area is 78.9 Å². The molecule has 2 unspecified atom stereocenters. The Morgan fingerprint density at radius 3 is 2.92 bits per heavy atom. The van der Waals surface area contributed by atoms with Gasteiger partial charge in [0.25, 0.3) is 0 Å². The van der Waals surface area contributed by atoms with Crippen LogP contribution in [-0.2, 0) is 4.79 Å². The van der Waals surface area contributed by atoms with Crippen LogP contribution in [0.1, 0.15) is 13.3 Å². The molecule has 76 valence electrons. The molecule has 2 N–H and O–H groups in total. The molecule has 1 saturated heterocycles. The molecular formula is C9H18N2O2. The molecule has 1 aliphatic rings. The minimum absolute atomic E-state index is 0.00823. The van der Waals surface area contributed by atoms with Crippen molar-refractivity contribution in [2.24, 2.45) is 5.92 Å². The SMILES string of the molecule is CC(CO)NC(=O)C1CCN(C)C1. The number of rotatable bonds is 3. The van der Waals surface area contributed by atoms with Gasteiger partial charge in [-0.2, -0.15) is 0 Å². The average Bonchev–Trinajstić information content (AvgIpc) is 2.51. The minimum atomic E-state index is -0.126. The van der Waals surface area contributed by atoms with Gasteiger partial charge >= 0.3 is 0 Å². The summed E-state index contributed by atoms with van der Waals surface area (Å²) < 4.78 is 0. The Morgan fingerprint density at radius 2 is 2.46 bits per heavy atom. The largest absolute Gasteiger partial charge is 0.394 e. The van der Waals surface area contributed by atoms with Gasteiger partial charge < -0.3 is 15.3 Å². The molecule has 1 amide bonds. The molecule has 0 bridgehead atoms. The average molecular weight is 186 g/mol. The third-order valence-corrected chi connectivity index (χ3v) is 2.42. The fraction of sp³-hybridized carbons (Fsp3) is 0.889. The zero-order chi connectivity index (χ0) is 9.84. The number of amides is 1. The number of aliphatic hydroxyl groups is 1. The van der Waals surface area contributed by atoms with Crippen molar-refractivity contribution in [1.82, 2.24) is 10.2 Å². The summed E-state index contributed by atoms with van der Waals surface area (Å²) in [5.41, 5.74) is 0. The van der Waals surface area contributed by atoms with E-state index < -0.39 is 0 Å². The fourth-order valence-corrected chi connectivity index (χ4v) is 1.56. The number of carbonyl (C=O) groups excluding carboxylic acids is 1. The van der Waals surface area contributed by atoms with Crippen molar-refractivity contribution in [2.75, 3.05) is 26.7 Å². The van der Waals surface area contributed by atoms with E-state index in [1.165, 1.54) is 0 Å². The molecule has 0 radical (unpaired) electrons. The monoisotopic (exact) mass is 186 g/mol. The quantitative estimate of drug-likeness (QED) is 0.621. The number of nitrogens with zero attached hydrogens (tertiary/aromatic N) is 1. The van der Waals surface area contributed by atoms with Crippen LogP contribution in [0.15, 0.2) is 0 Å². The number of hydrogen-bond acceptors (Lipinski definition) is 3. The van der Waals surface area contributed by atoms with Gasteiger partial charge in [0, 0.05) is 12.6 Å². The van der Waals surface area contributed by atoms with Gasteiger partial charge in [0.15, 0.2) is 0 Å². The van der Waals surface area contributed by atoms with Crippen LogP contribution in [0.2, 0.25) is 0 Å². The van der Waals surface area contributed by atoms with E-state index in [1.807, 2.05) is 7.05 Å². The molecule has 0 aromatic carbocycles. The van der Waals surface area contributed by atoms with Crippen molar-refractivity contribution in [3.8, 4) is 0 Å². The van der Waals surface area contributed by atoms with Crippen LogP contribution in [0.4, 0.5) is 0 Å². The Morgan fingerprint density at radius 1 is 1.77 bits per heavy atom. The van der Waals surface area contributed by atoms with Crippen LogP contribution >= 0.6 is 0 Å². The van der Waals surface area contributed by atoms with E-state index >= 15 is 0 Å². The summed E-state index contributed by atoms with van der Waals surface area (Å²) in [6, 6.07) is -0.126. The lowest BCUT2D eigenvalue weighted by Crippen LogP contribution is -2.39. The molecular weight excluding hydrogens is 168 g/mol. The van der Waals surface area contributed by atoms with Crippen molar-refractivity contribution < 1.29 is 9.90 Å². The Kier molecular flexibility index (Phi) is 3.69. The van der Waals surface area contributed by atoms with Crippen molar-refractivity contribution in [3.05, 3.63) is 0 Å². The van der Waals surface area contributed by atoms with Crippen LogP contribution in [0.5, 0.6) is 0 Å². The molecule has 1 aliphatic heterocycles. The normalized spacial score (nSPS) is 25.9. The Balaban J connectivity index is 2.31. The number of hydrogen-bond donors (Lipinski definition) is 2. The van der Waals surface area contributed by atoms with Crippen molar-refractivity contribution in [2.45, 2.75) is 19.4 Å². The third-order valence-electron chi connectivity index (χ3n) is 2.42. The van der Waals surface area contributed by atoms with Crippen molar-refractivity contribution in [3.63, 3.8) is 0 Å². The summed E-state index contributed by atoms with van der Waals surface area (Å²) >= 11 is 0. The topological polar surface area (TPSA) is 52.6 Å². The molecule has 4 nitrogen and oxygen atoms in total. The molecule has 13 heavy (non-hydrogen) atoms. The predicted octanol–water partition coefficient (Wildman–Crippen LogP) is -0.565. The van der Waals surface area contributed by atoms with E-state index in [0.29, 0.717) is 0 Å². The maximum atomic E-state index is 11.5. The van der Waals surface area contributed by atoms with E-state index in [9.17, 15) is 4.79 Å². The zero-order valence-corrected chi connectivity index (χ0v) is 8.29. The van der Waals surface area contributed by atoms with E-state index in [1.54, 1.807) is 6.92 Å². The van der Waals surface area contributed by atoms with Crippen LogP contribution in [0, 0.1) is 5.92 Å². The second kappa shape index (κ2) is 4.58. The number of likely N-dealkylation sites (tertiary alicyclic amines) is 1. The first kappa shape index (κ1) is 10.5. The number of aliphatic hydroxyl groups excluding tert-OH is 1. The smallest absolute Gasteiger partial charge is 0.224 e. The molecule has 0 spiro atoms. The molecule has 0 saturated carbocycles. The minimum Gasteiger partial charge on any atom is -0.394 e. The first-order valence-electron chi connectivity index (χ1n) is 4.73. The van der Waals surface area contributed by atoms with Crippen molar-refractivity contribution in [1.29, 1.82) is 0 Å². The van der Waals surface area contributed by atoms with Crippen molar-refractivity contribution >= 4 is 5.91 Å². The third kappa shape index (κ3) is 2.97. The Bertz CT molecular complexity index is 184. The Hall–Kier alpha value is -0.610. The van der Waals surface area contributed by atoms with Crippen LogP contribution < -0.4 is 5.32 Å². The highest BCUT2D eigenvalue weighted by molar-refractivity contribution is 5.79. The van der Waals surface area contributed by atoms with Crippen LogP contribution in [0.3, 0.4) is 0 Å².